The average Bonchev–Trinajstić information content (AvgIpc) is 1.98. The lowest BCUT2D eigenvalue weighted by molar-refractivity contribution is 0.0386. The van der Waals surface area contributed by atoms with Crippen LogP contribution in [0.1, 0.15) is 65.7 Å². The molecule has 0 saturated carbocycles. The van der Waals surface area contributed by atoms with Gasteiger partial charge in [-0.25, -0.2) is 0 Å². The zero-order chi connectivity index (χ0) is 9.45. The van der Waals surface area contributed by atoms with Gasteiger partial charge in [0.1, 0.15) is 0 Å². The Balaban J connectivity index is 3.33. The van der Waals surface area contributed by atoms with Crippen molar-refractivity contribution >= 4 is 0 Å². The van der Waals surface area contributed by atoms with Crippen LogP contribution >= 0.6 is 0 Å². The van der Waals surface area contributed by atoms with E-state index in [1.54, 1.807) is 0 Å². The SMILES string of the molecule is CCCCCCC(C)(O)CCC. The fraction of sp³-hybridized carbons (Fsp3) is 1.00. The Morgan fingerprint density at radius 3 is 2.08 bits per heavy atom. The molecule has 0 aromatic rings. The smallest absolute Gasteiger partial charge is 0.0619 e. The molecule has 1 N–H and O–H groups in total. The van der Waals surface area contributed by atoms with Crippen molar-refractivity contribution in [3.8, 4) is 0 Å². The van der Waals surface area contributed by atoms with Crippen LogP contribution in [0.2, 0.25) is 0 Å². The second-order valence-electron chi connectivity index (χ2n) is 4.06. The van der Waals surface area contributed by atoms with E-state index in [0.29, 0.717) is 0 Å². The van der Waals surface area contributed by atoms with Crippen LogP contribution in [0.25, 0.3) is 0 Å². The second-order valence-corrected chi connectivity index (χ2v) is 4.06. The van der Waals surface area contributed by atoms with Crippen molar-refractivity contribution in [3.63, 3.8) is 0 Å². The van der Waals surface area contributed by atoms with Crippen molar-refractivity contribution in [3.05, 3.63) is 0 Å². The second kappa shape index (κ2) is 6.47. The Hall–Kier alpha value is -0.0400. The Morgan fingerprint density at radius 2 is 1.58 bits per heavy atom. The minimum atomic E-state index is -0.400. The van der Waals surface area contributed by atoms with E-state index in [4.69, 9.17) is 0 Å². The zero-order valence-electron chi connectivity index (χ0n) is 8.90. The molecule has 0 rings (SSSR count). The fourth-order valence-electron chi connectivity index (χ4n) is 1.60. The van der Waals surface area contributed by atoms with Crippen molar-refractivity contribution in [2.24, 2.45) is 0 Å². The molecule has 0 fully saturated rings. The van der Waals surface area contributed by atoms with Crippen molar-refractivity contribution in [2.45, 2.75) is 71.3 Å². The highest BCUT2D eigenvalue weighted by Crippen LogP contribution is 2.19. The largest absolute Gasteiger partial charge is 0.390 e. The van der Waals surface area contributed by atoms with Crippen molar-refractivity contribution in [1.82, 2.24) is 0 Å². The number of rotatable bonds is 7. The summed E-state index contributed by atoms with van der Waals surface area (Å²) in [6.45, 7) is 6.30. The summed E-state index contributed by atoms with van der Waals surface area (Å²) >= 11 is 0. The van der Waals surface area contributed by atoms with E-state index in [-0.39, 0.29) is 0 Å². The molecule has 1 atom stereocenters. The monoisotopic (exact) mass is 172 g/mol. The molecule has 0 aliphatic rings. The summed E-state index contributed by atoms with van der Waals surface area (Å²) in [6, 6.07) is 0. The molecule has 0 heterocycles. The number of unbranched alkanes of at least 4 members (excludes halogenated alkanes) is 3. The molecule has 1 nitrogen and oxygen atoms in total. The van der Waals surface area contributed by atoms with Crippen LogP contribution in [-0.4, -0.2) is 10.7 Å². The van der Waals surface area contributed by atoms with Gasteiger partial charge in [0, 0.05) is 0 Å². The lowest BCUT2D eigenvalue weighted by Gasteiger charge is -2.22. The number of aliphatic hydroxyl groups is 1. The topological polar surface area (TPSA) is 20.2 Å². The summed E-state index contributed by atoms with van der Waals surface area (Å²) in [5, 5.41) is 9.81. The molecule has 0 aromatic heterocycles. The Labute approximate surface area is 77.2 Å². The maximum Gasteiger partial charge on any atom is 0.0619 e. The molecule has 74 valence electrons. The van der Waals surface area contributed by atoms with Crippen LogP contribution in [0.3, 0.4) is 0 Å². The highest BCUT2D eigenvalue weighted by molar-refractivity contribution is 4.71. The zero-order valence-corrected chi connectivity index (χ0v) is 8.90. The molecular formula is C11H24O. The van der Waals surface area contributed by atoms with E-state index in [2.05, 4.69) is 13.8 Å². The molecule has 12 heavy (non-hydrogen) atoms. The van der Waals surface area contributed by atoms with Crippen LogP contribution in [0, 0.1) is 0 Å². The minimum absolute atomic E-state index is 0.400. The molecule has 0 radical (unpaired) electrons. The maximum atomic E-state index is 9.81. The van der Waals surface area contributed by atoms with E-state index < -0.39 is 5.60 Å². The Bertz CT molecular complexity index is 97.2. The molecule has 0 aliphatic heterocycles. The van der Waals surface area contributed by atoms with Crippen LogP contribution in [-0.2, 0) is 0 Å². The molecule has 0 amide bonds. The number of hydrogen-bond donors (Lipinski definition) is 1. The van der Waals surface area contributed by atoms with Crippen molar-refractivity contribution in [1.29, 1.82) is 0 Å². The van der Waals surface area contributed by atoms with E-state index >= 15 is 0 Å². The van der Waals surface area contributed by atoms with E-state index in [0.717, 1.165) is 19.3 Å². The van der Waals surface area contributed by atoms with Gasteiger partial charge in [0.15, 0.2) is 0 Å². The Kier molecular flexibility index (Phi) is 6.45. The van der Waals surface area contributed by atoms with Gasteiger partial charge in [-0.1, -0.05) is 46.0 Å². The summed E-state index contributed by atoms with van der Waals surface area (Å²) < 4.78 is 0. The van der Waals surface area contributed by atoms with Crippen LogP contribution in [0.5, 0.6) is 0 Å². The Morgan fingerprint density at radius 1 is 0.917 bits per heavy atom. The van der Waals surface area contributed by atoms with Crippen LogP contribution in [0.4, 0.5) is 0 Å². The number of hydrogen-bond acceptors (Lipinski definition) is 1. The third-order valence-electron chi connectivity index (χ3n) is 2.36. The third-order valence-corrected chi connectivity index (χ3v) is 2.36. The average molecular weight is 172 g/mol. The molecule has 0 aromatic carbocycles. The molecular weight excluding hydrogens is 148 g/mol. The fourth-order valence-corrected chi connectivity index (χ4v) is 1.60. The lowest BCUT2D eigenvalue weighted by atomic mass is 9.93. The van der Waals surface area contributed by atoms with Gasteiger partial charge >= 0.3 is 0 Å². The summed E-state index contributed by atoms with van der Waals surface area (Å²) in [5.41, 5.74) is -0.400. The van der Waals surface area contributed by atoms with Gasteiger partial charge in [-0.2, -0.15) is 0 Å². The summed E-state index contributed by atoms with van der Waals surface area (Å²) in [4.78, 5) is 0. The summed E-state index contributed by atoms with van der Waals surface area (Å²) in [5.74, 6) is 0. The molecule has 0 bridgehead atoms. The highest BCUT2D eigenvalue weighted by Gasteiger charge is 2.17. The van der Waals surface area contributed by atoms with Crippen molar-refractivity contribution in [2.75, 3.05) is 0 Å². The molecule has 0 spiro atoms. The molecule has 0 aliphatic carbocycles. The van der Waals surface area contributed by atoms with Gasteiger partial charge < -0.3 is 5.11 Å². The predicted molar refractivity (Wildman–Crippen MR) is 54.3 cm³/mol. The first-order valence-corrected chi connectivity index (χ1v) is 5.34. The summed E-state index contributed by atoms with van der Waals surface area (Å²) in [7, 11) is 0. The first kappa shape index (κ1) is 12.0. The van der Waals surface area contributed by atoms with Crippen molar-refractivity contribution < 1.29 is 5.11 Å². The minimum Gasteiger partial charge on any atom is -0.390 e. The molecule has 1 heteroatoms. The highest BCUT2D eigenvalue weighted by atomic mass is 16.3. The van der Waals surface area contributed by atoms with E-state index in [1.807, 2.05) is 6.92 Å². The van der Waals surface area contributed by atoms with Crippen LogP contribution < -0.4 is 0 Å². The molecule has 1 unspecified atom stereocenters. The van der Waals surface area contributed by atoms with Gasteiger partial charge in [-0.05, 0) is 19.8 Å². The van der Waals surface area contributed by atoms with E-state index in [1.165, 1.54) is 25.7 Å². The van der Waals surface area contributed by atoms with Gasteiger partial charge in [0.2, 0.25) is 0 Å². The standard InChI is InChI=1S/C11H24O/c1-4-6-7-8-10-11(3,12)9-5-2/h12H,4-10H2,1-3H3. The lowest BCUT2D eigenvalue weighted by Crippen LogP contribution is -2.23. The normalized spacial score (nSPS) is 16.0. The third kappa shape index (κ3) is 6.66. The van der Waals surface area contributed by atoms with Gasteiger partial charge in [-0.3, -0.25) is 0 Å². The van der Waals surface area contributed by atoms with Gasteiger partial charge in [-0.15, -0.1) is 0 Å². The van der Waals surface area contributed by atoms with Crippen LogP contribution in [0.15, 0.2) is 0 Å². The molecule has 0 saturated heterocycles. The van der Waals surface area contributed by atoms with Gasteiger partial charge in [0.05, 0.1) is 5.60 Å². The summed E-state index contributed by atoms with van der Waals surface area (Å²) in [6.07, 6.45) is 8.04. The predicted octanol–water partition coefficient (Wildman–Crippen LogP) is 3.51. The first-order chi connectivity index (χ1) is 5.62. The first-order valence-electron chi connectivity index (χ1n) is 5.34. The van der Waals surface area contributed by atoms with E-state index in [9.17, 15) is 5.11 Å². The van der Waals surface area contributed by atoms with Gasteiger partial charge in [0.25, 0.3) is 0 Å². The quantitative estimate of drug-likeness (QED) is 0.583. The maximum absolute atomic E-state index is 9.81.